The van der Waals surface area contributed by atoms with Crippen LogP contribution in [0.25, 0.3) is 0 Å². The lowest BCUT2D eigenvalue weighted by Gasteiger charge is -2.18. The molecule has 0 radical (unpaired) electrons. The van der Waals surface area contributed by atoms with Crippen LogP contribution >= 0.6 is 0 Å². The van der Waals surface area contributed by atoms with Crippen molar-refractivity contribution in [2.75, 3.05) is 40.5 Å². The van der Waals surface area contributed by atoms with Gasteiger partial charge in [-0.15, -0.1) is 0 Å². The maximum Gasteiger partial charge on any atom is 0.123 e. The third-order valence-electron chi connectivity index (χ3n) is 3.78. The standard InChI is InChI=1S/C17H24N2O2/c1-20-13-15-7-9-19(11-15)12-16-10-14(4-3-8-18)5-6-17(16)21-2/h5-6,10,15H,7-9,11-13,18H2,1-2H3. The Hall–Kier alpha value is -1.54. The van der Waals surface area contributed by atoms with Crippen LogP contribution in [0.4, 0.5) is 0 Å². The molecule has 1 atom stereocenters. The highest BCUT2D eigenvalue weighted by atomic mass is 16.5. The molecule has 1 unspecified atom stereocenters. The average molecular weight is 288 g/mol. The van der Waals surface area contributed by atoms with Crippen LogP contribution in [0.3, 0.4) is 0 Å². The van der Waals surface area contributed by atoms with E-state index < -0.39 is 0 Å². The van der Waals surface area contributed by atoms with Gasteiger partial charge in [0.05, 0.1) is 20.3 Å². The molecule has 2 rings (SSSR count). The van der Waals surface area contributed by atoms with E-state index in [1.54, 1.807) is 14.2 Å². The number of methoxy groups -OCH3 is 2. The van der Waals surface area contributed by atoms with Gasteiger partial charge in [-0.05, 0) is 37.1 Å². The number of benzene rings is 1. The molecule has 0 saturated carbocycles. The third kappa shape index (κ3) is 4.47. The van der Waals surface area contributed by atoms with E-state index in [2.05, 4.69) is 22.8 Å². The van der Waals surface area contributed by atoms with Crippen LogP contribution in [-0.2, 0) is 11.3 Å². The van der Waals surface area contributed by atoms with Crippen molar-refractivity contribution in [1.29, 1.82) is 0 Å². The van der Waals surface area contributed by atoms with E-state index in [0.29, 0.717) is 12.5 Å². The Balaban J connectivity index is 2.07. The van der Waals surface area contributed by atoms with E-state index in [1.165, 1.54) is 12.0 Å². The number of likely N-dealkylation sites (tertiary alicyclic amines) is 1. The summed E-state index contributed by atoms with van der Waals surface area (Å²) in [5.41, 5.74) is 7.60. The van der Waals surface area contributed by atoms with Gasteiger partial charge in [0.2, 0.25) is 0 Å². The van der Waals surface area contributed by atoms with Crippen molar-refractivity contribution in [2.45, 2.75) is 13.0 Å². The van der Waals surface area contributed by atoms with E-state index in [-0.39, 0.29) is 0 Å². The molecule has 0 bridgehead atoms. The molecule has 1 heterocycles. The summed E-state index contributed by atoms with van der Waals surface area (Å²) in [7, 11) is 3.48. The Bertz CT molecular complexity index is 519. The van der Waals surface area contributed by atoms with Crippen LogP contribution in [0.2, 0.25) is 0 Å². The molecule has 1 aromatic carbocycles. The molecule has 21 heavy (non-hydrogen) atoms. The van der Waals surface area contributed by atoms with Gasteiger partial charge < -0.3 is 15.2 Å². The summed E-state index contributed by atoms with van der Waals surface area (Å²) < 4.78 is 10.7. The number of hydrogen-bond donors (Lipinski definition) is 1. The van der Waals surface area contributed by atoms with E-state index in [1.807, 2.05) is 12.1 Å². The van der Waals surface area contributed by atoms with Crippen molar-refractivity contribution in [3.05, 3.63) is 29.3 Å². The predicted octanol–water partition coefficient (Wildman–Crippen LogP) is 1.47. The minimum Gasteiger partial charge on any atom is -0.496 e. The number of nitrogens with zero attached hydrogens (tertiary/aromatic N) is 1. The quantitative estimate of drug-likeness (QED) is 0.834. The first-order valence-electron chi connectivity index (χ1n) is 7.34. The Morgan fingerprint density at radius 2 is 2.24 bits per heavy atom. The first-order valence-corrected chi connectivity index (χ1v) is 7.34. The van der Waals surface area contributed by atoms with E-state index in [4.69, 9.17) is 15.2 Å². The summed E-state index contributed by atoms with van der Waals surface area (Å²) in [4.78, 5) is 2.45. The summed E-state index contributed by atoms with van der Waals surface area (Å²) in [5.74, 6) is 7.53. The molecular weight excluding hydrogens is 264 g/mol. The molecule has 4 heteroatoms. The molecule has 0 amide bonds. The van der Waals surface area contributed by atoms with E-state index in [9.17, 15) is 0 Å². The molecule has 4 nitrogen and oxygen atoms in total. The van der Waals surface area contributed by atoms with Gasteiger partial charge >= 0.3 is 0 Å². The lowest BCUT2D eigenvalue weighted by molar-refractivity contribution is 0.152. The number of hydrogen-bond acceptors (Lipinski definition) is 4. The van der Waals surface area contributed by atoms with Gasteiger partial charge in [-0.2, -0.15) is 0 Å². The fraction of sp³-hybridized carbons (Fsp3) is 0.529. The molecule has 1 aromatic rings. The Morgan fingerprint density at radius 1 is 1.38 bits per heavy atom. The Kier molecular flexibility index (Phi) is 6.06. The molecule has 0 aromatic heterocycles. The normalized spacial score (nSPS) is 18.3. The summed E-state index contributed by atoms with van der Waals surface area (Å²) in [6.45, 7) is 4.30. The molecule has 1 fully saturated rings. The zero-order valence-corrected chi connectivity index (χ0v) is 12.9. The second-order valence-electron chi connectivity index (χ2n) is 5.38. The van der Waals surface area contributed by atoms with E-state index >= 15 is 0 Å². The van der Waals surface area contributed by atoms with Crippen LogP contribution in [0.15, 0.2) is 18.2 Å². The van der Waals surface area contributed by atoms with Gasteiger partial charge in [0.1, 0.15) is 5.75 Å². The zero-order chi connectivity index (χ0) is 15.1. The lowest BCUT2D eigenvalue weighted by atomic mass is 10.1. The van der Waals surface area contributed by atoms with Crippen molar-refractivity contribution < 1.29 is 9.47 Å². The summed E-state index contributed by atoms with van der Waals surface area (Å²) in [6, 6.07) is 6.06. The Morgan fingerprint density at radius 3 is 2.95 bits per heavy atom. The summed E-state index contributed by atoms with van der Waals surface area (Å²) >= 11 is 0. The number of rotatable bonds is 5. The van der Waals surface area contributed by atoms with Gasteiger partial charge in [0.25, 0.3) is 0 Å². The molecular formula is C17H24N2O2. The van der Waals surface area contributed by atoms with Gasteiger partial charge in [0.15, 0.2) is 0 Å². The highest BCUT2D eigenvalue weighted by molar-refractivity contribution is 5.44. The van der Waals surface area contributed by atoms with Crippen LogP contribution < -0.4 is 10.5 Å². The molecule has 1 aliphatic rings. The molecule has 0 spiro atoms. The first kappa shape index (κ1) is 15.8. The van der Waals surface area contributed by atoms with Crippen molar-refractivity contribution >= 4 is 0 Å². The summed E-state index contributed by atoms with van der Waals surface area (Å²) in [6.07, 6.45) is 1.20. The highest BCUT2D eigenvalue weighted by Gasteiger charge is 2.23. The largest absolute Gasteiger partial charge is 0.496 e. The Labute approximate surface area is 127 Å². The van der Waals surface area contributed by atoms with Crippen LogP contribution in [0.1, 0.15) is 17.5 Å². The third-order valence-corrected chi connectivity index (χ3v) is 3.78. The van der Waals surface area contributed by atoms with Gasteiger partial charge in [0, 0.05) is 31.3 Å². The summed E-state index contributed by atoms with van der Waals surface area (Å²) in [5, 5.41) is 0. The molecule has 1 saturated heterocycles. The fourth-order valence-electron chi connectivity index (χ4n) is 2.80. The SMILES string of the molecule is COCC1CCN(Cc2cc(C#CCN)ccc2OC)C1. The maximum atomic E-state index is 5.47. The smallest absolute Gasteiger partial charge is 0.123 e. The van der Waals surface area contributed by atoms with Crippen LogP contribution in [0.5, 0.6) is 5.75 Å². The zero-order valence-electron chi connectivity index (χ0n) is 12.9. The second-order valence-corrected chi connectivity index (χ2v) is 5.38. The second kappa shape index (κ2) is 8.04. The van der Waals surface area contributed by atoms with Crippen molar-refractivity contribution in [3.63, 3.8) is 0 Å². The van der Waals surface area contributed by atoms with Crippen molar-refractivity contribution in [1.82, 2.24) is 4.90 Å². The van der Waals surface area contributed by atoms with Crippen molar-refractivity contribution in [2.24, 2.45) is 11.7 Å². The topological polar surface area (TPSA) is 47.7 Å². The van der Waals surface area contributed by atoms with Gasteiger partial charge in [-0.1, -0.05) is 11.8 Å². The average Bonchev–Trinajstić information content (AvgIpc) is 2.93. The van der Waals surface area contributed by atoms with Crippen LogP contribution in [-0.4, -0.2) is 45.4 Å². The van der Waals surface area contributed by atoms with Crippen molar-refractivity contribution in [3.8, 4) is 17.6 Å². The van der Waals surface area contributed by atoms with E-state index in [0.717, 1.165) is 37.6 Å². The monoisotopic (exact) mass is 288 g/mol. The minimum absolute atomic E-state index is 0.381. The maximum absolute atomic E-state index is 5.47. The molecule has 1 aliphatic heterocycles. The van der Waals surface area contributed by atoms with Gasteiger partial charge in [-0.3, -0.25) is 4.90 Å². The van der Waals surface area contributed by atoms with Gasteiger partial charge in [-0.25, -0.2) is 0 Å². The fourth-order valence-corrected chi connectivity index (χ4v) is 2.80. The number of ether oxygens (including phenoxy) is 2. The number of nitrogens with two attached hydrogens (primary N) is 1. The molecule has 114 valence electrons. The van der Waals surface area contributed by atoms with Crippen LogP contribution in [0, 0.1) is 17.8 Å². The molecule has 0 aliphatic carbocycles. The first-order chi connectivity index (χ1) is 10.3. The minimum atomic E-state index is 0.381. The highest BCUT2D eigenvalue weighted by Crippen LogP contribution is 2.25. The lowest BCUT2D eigenvalue weighted by Crippen LogP contribution is -2.21. The molecule has 2 N–H and O–H groups in total. The predicted molar refractivity (Wildman–Crippen MR) is 84.2 cm³/mol.